The van der Waals surface area contributed by atoms with Gasteiger partial charge in [0.1, 0.15) is 0 Å². The highest BCUT2D eigenvalue weighted by atomic mass is 15.2. The molecule has 0 aromatic rings. The summed E-state index contributed by atoms with van der Waals surface area (Å²) in [5, 5.41) is 7.03. The third-order valence-electron chi connectivity index (χ3n) is 6.02. The van der Waals surface area contributed by atoms with Gasteiger partial charge in [0.2, 0.25) is 0 Å². The van der Waals surface area contributed by atoms with E-state index in [1.807, 2.05) is 7.05 Å². The van der Waals surface area contributed by atoms with Crippen molar-refractivity contribution in [3.8, 4) is 0 Å². The van der Waals surface area contributed by atoms with Crippen LogP contribution in [-0.2, 0) is 0 Å². The van der Waals surface area contributed by atoms with Gasteiger partial charge in [0.15, 0.2) is 5.96 Å². The average molecular weight is 336 g/mol. The highest BCUT2D eigenvalue weighted by Gasteiger charge is 2.34. The molecule has 3 aliphatic rings. The normalized spacial score (nSPS) is 29.8. The number of rotatable bonds is 7. The summed E-state index contributed by atoms with van der Waals surface area (Å²) in [5.74, 6) is 1.77. The van der Waals surface area contributed by atoms with Crippen LogP contribution < -0.4 is 10.6 Å². The predicted molar refractivity (Wildman–Crippen MR) is 102 cm³/mol. The molecule has 3 fully saturated rings. The van der Waals surface area contributed by atoms with Crippen LogP contribution in [0, 0.1) is 5.92 Å². The molecule has 2 saturated heterocycles. The summed E-state index contributed by atoms with van der Waals surface area (Å²) in [5.41, 5.74) is 0. The Balaban J connectivity index is 1.26. The topological polar surface area (TPSA) is 42.9 Å². The predicted octanol–water partition coefficient (Wildman–Crippen LogP) is 1.90. The van der Waals surface area contributed by atoms with Crippen LogP contribution in [0.25, 0.3) is 0 Å². The van der Waals surface area contributed by atoms with Crippen LogP contribution in [0.3, 0.4) is 0 Å². The van der Waals surface area contributed by atoms with Gasteiger partial charge in [-0.15, -0.1) is 0 Å². The fourth-order valence-corrected chi connectivity index (χ4v) is 4.24. The van der Waals surface area contributed by atoms with Crippen molar-refractivity contribution in [3.05, 3.63) is 0 Å². The third-order valence-corrected chi connectivity index (χ3v) is 6.02. The zero-order valence-corrected chi connectivity index (χ0v) is 15.8. The second kappa shape index (κ2) is 9.04. The number of hydrogen-bond acceptors (Lipinski definition) is 3. The summed E-state index contributed by atoms with van der Waals surface area (Å²) in [6, 6.07) is 1.69. The van der Waals surface area contributed by atoms with Crippen molar-refractivity contribution in [1.82, 2.24) is 20.4 Å². The quantitative estimate of drug-likeness (QED) is 0.424. The van der Waals surface area contributed by atoms with Crippen LogP contribution in [0.2, 0.25) is 0 Å². The van der Waals surface area contributed by atoms with Gasteiger partial charge in [-0.3, -0.25) is 4.99 Å². The lowest BCUT2D eigenvalue weighted by molar-refractivity contribution is 0.159. The number of aliphatic imine (C=N–C) groups is 1. The van der Waals surface area contributed by atoms with Crippen molar-refractivity contribution in [3.63, 3.8) is 0 Å². The molecule has 0 radical (unpaired) electrons. The van der Waals surface area contributed by atoms with E-state index < -0.39 is 0 Å². The van der Waals surface area contributed by atoms with Gasteiger partial charge in [-0.25, -0.2) is 0 Å². The molecule has 138 valence electrons. The highest BCUT2D eigenvalue weighted by molar-refractivity contribution is 5.79. The summed E-state index contributed by atoms with van der Waals surface area (Å²) in [6.07, 6.45) is 9.55. The van der Waals surface area contributed by atoms with Crippen molar-refractivity contribution in [2.24, 2.45) is 10.9 Å². The smallest absolute Gasteiger partial charge is 0.190 e. The first-order chi connectivity index (χ1) is 11.8. The van der Waals surface area contributed by atoms with Gasteiger partial charge in [0.05, 0.1) is 0 Å². The first-order valence-corrected chi connectivity index (χ1v) is 10.2. The molecule has 0 amide bonds. The maximum atomic E-state index is 4.38. The number of hydrogen-bond donors (Lipinski definition) is 2. The summed E-state index contributed by atoms with van der Waals surface area (Å²) in [6.45, 7) is 9.53. The van der Waals surface area contributed by atoms with Gasteiger partial charge in [-0.1, -0.05) is 6.42 Å². The van der Waals surface area contributed by atoms with Crippen LogP contribution in [0.5, 0.6) is 0 Å². The Morgan fingerprint density at radius 1 is 1.08 bits per heavy atom. The largest absolute Gasteiger partial charge is 0.356 e. The lowest BCUT2D eigenvalue weighted by atomic mass is 10.0. The van der Waals surface area contributed by atoms with Crippen LogP contribution >= 0.6 is 0 Å². The zero-order valence-electron chi connectivity index (χ0n) is 15.8. The molecule has 2 heterocycles. The van der Waals surface area contributed by atoms with E-state index in [4.69, 9.17) is 0 Å². The van der Waals surface area contributed by atoms with Gasteiger partial charge in [0.25, 0.3) is 0 Å². The van der Waals surface area contributed by atoms with Crippen molar-refractivity contribution >= 4 is 5.96 Å². The molecule has 3 rings (SSSR count). The molecule has 2 unspecified atom stereocenters. The van der Waals surface area contributed by atoms with E-state index in [1.165, 1.54) is 71.1 Å². The number of piperidine rings is 1. The van der Waals surface area contributed by atoms with E-state index in [2.05, 4.69) is 32.3 Å². The summed E-state index contributed by atoms with van der Waals surface area (Å²) < 4.78 is 0. The molecular weight excluding hydrogens is 298 g/mol. The molecule has 1 saturated carbocycles. The maximum absolute atomic E-state index is 4.38. The Morgan fingerprint density at radius 2 is 1.96 bits per heavy atom. The molecule has 24 heavy (non-hydrogen) atoms. The first kappa shape index (κ1) is 18.0. The van der Waals surface area contributed by atoms with Crippen molar-refractivity contribution in [2.75, 3.05) is 46.3 Å². The number of nitrogens with zero attached hydrogens (tertiary/aromatic N) is 3. The average Bonchev–Trinajstić information content (AvgIpc) is 3.34. The summed E-state index contributed by atoms with van der Waals surface area (Å²) in [7, 11) is 1.88. The monoisotopic (exact) mass is 335 g/mol. The highest BCUT2D eigenvalue weighted by Crippen LogP contribution is 2.31. The fourth-order valence-electron chi connectivity index (χ4n) is 4.24. The molecule has 0 bridgehead atoms. The third kappa shape index (κ3) is 5.35. The van der Waals surface area contributed by atoms with Gasteiger partial charge in [0, 0.05) is 45.3 Å². The summed E-state index contributed by atoms with van der Waals surface area (Å²) in [4.78, 5) is 9.71. The molecular formula is C19H37N5. The first-order valence-electron chi connectivity index (χ1n) is 10.2. The van der Waals surface area contributed by atoms with Crippen LogP contribution in [0.15, 0.2) is 4.99 Å². The Kier molecular flexibility index (Phi) is 6.78. The lowest BCUT2D eigenvalue weighted by Crippen LogP contribution is -2.42. The minimum absolute atomic E-state index is 0.771. The molecule has 2 atom stereocenters. The van der Waals surface area contributed by atoms with Gasteiger partial charge >= 0.3 is 0 Å². The lowest BCUT2D eigenvalue weighted by Gasteiger charge is -2.33. The van der Waals surface area contributed by atoms with E-state index in [-0.39, 0.29) is 0 Å². The maximum Gasteiger partial charge on any atom is 0.190 e. The van der Waals surface area contributed by atoms with Gasteiger partial charge < -0.3 is 20.4 Å². The molecule has 5 heteroatoms. The van der Waals surface area contributed by atoms with E-state index in [0.717, 1.165) is 37.1 Å². The van der Waals surface area contributed by atoms with Crippen LogP contribution in [-0.4, -0.2) is 74.2 Å². The van der Waals surface area contributed by atoms with E-state index in [0.29, 0.717) is 0 Å². The SMILES string of the molecule is CN=C(NCCCN1CCCCC1C)NCC1CCN(C2CC2)C1. The Hall–Kier alpha value is -0.810. The molecule has 0 spiro atoms. The minimum Gasteiger partial charge on any atom is -0.356 e. The van der Waals surface area contributed by atoms with Gasteiger partial charge in [-0.05, 0) is 64.5 Å². The molecule has 2 N–H and O–H groups in total. The molecule has 0 aromatic carbocycles. The van der Waals surface area contributed by atoms with Crippen molar-refractivity contribution in [2.45, 2.75) is 64.0 Å². The molecule has 0 aromatic heterocycles. The van der Waals surface area contributed by atoms with Crippen LogP contribution in [0.4, 0.5) is 0 Å². The van der Waals surface area contributed by atoms with Crippen LogP contribution in [0.1, 0.15) is 51.9 Å². The Labute approximate surface area is 148 Å². The number of likely N-dealkylation sites (tertiary alicyclic amines) is 2. The molecule has 5 nitrogen and oxygen atoms in total. The molecule has 2 aliphatic heterocycles. The second-order valence-electron chi connectivity index (χ2n) is 8.00. The Morgan fingerprint density at radius 3 is 2.71 bits per heavy atom. The van der Waals surface area contributed by atoms with Crippen molar-refractivity contribution in [1.29, 1.82) is 0 Å². The minimum atomic E-state index is 0.771. The summed E-state index contributed by atoms with van der Waals surface area (Å²) >= 11 is 0. The zero-order chi connectivity index (χ0) is 16.8. The van der Waals surface area contributed by atoms with E-state index in [1.54, 1.807) is 0 Å². The molecule has 1 aliphatic carbocycles. The van der Waals surface area contributed by atoms with Crippen molar-refractivity contribution < 1.29 is 0 Å². The second-order valence-corrected chi connectivity index (χ2v) is 8.00. The van der Waals surface area contributed by atoms with Gasteiger partial charge in [-0.2, -0.15) is 0 Å². The Bertz CT molecular complexity index is 407. The number of nitrogens with one attached hydrogen (secondary N) is 2. The van der Waals surface area contributed by atoms with E-state index >= 15 is 0 Å². The standard InChI is InChI=1S/C19H37N5/c1-16-6-3-4-11-23(16)12-5-10-21-19(20-2)22-14-17-9-13-24(15-17)18-7-8-18/h16-18H,3-15H2,1-2H3,(H2,20,21,22). The number of guanidine groups is 1. The van der Waals surface area contributed by atoms with E-state index in [9.17, 15) is 0 Å². The fraction of sp³-hybridized carbons (Fsp3) is 0.947.